The van der Waals surface area contributed by atoms with Crippen molar-refractivity contribution in [2.24, 2.45) is 29.1 Å². The Morgan fingerprint density at radius 2 is 1.91 bits per heavy atom. The van der Waals surface area contributed by atoms with Crippen molar-refractivity contribution in [1.82, 2.24) is 0 Å². The van der Waals surface area contributed by atoms with Gasteiger partial charge in [0.2, 0.25) is 0 Å². The number of carbonyl (C=O) groups excluding carboxylic acids is 1. The summed E-state index contributed by atoms with van der Waals surface area (Å²) in [5.41, 5.74) is 1.65. The normalized spacial score (nSPS) is 46.5. The highest BCUT2D eigenvalue weighted by molar-refractivity contribution is 5.91. The lowest BCUT2D eigenvalue weighted by Crippen LogP contribution is -2.47. The average Bonchev–Trinajstić information content (AvgIpc) is 2.84. The quantitative estimate of drug-likeness (QED) is 0.743. The van der Waals surface area contributed by atoms with Crippen molar-refractivity contribution in [3.05, 3.63) is 11.6 Å². The second-order valence-electron chi connectivity index (χ2n) is 7.94. The molecule has 0 bridgehead atoms. The predicted molar refractivity (Wildman–Crippen MR) is 84.8 cm³/mol. The summed E-state index contributed by atoms with van der Waals surface area (Å²) in [6, 6.07) is 0. The van der Waals surface area contributed by atoms with Crippen LogP contribution in [-0.4, -0.2) is 17.0 Å². The summed E-state index contributed by atoms with van der Waals surface area (Å²) in [5.74, 6) is 3.38. The molecular weight excluding hydrogens is 274 g/mol. The molecule has 22 heavy (non-hydrogen) atoms. The number of rotatable bonds is 0. The third-order valence-corrected chi connectivity index (χ3v) is 7.25. The van der Waals surface area contributed by atoms with Gasteiger partial charge in [0.05, 0.1) is 6.10 Å². The topological polar surface area (TPSA) is 61.1 Å². The zero-order valence-corrected chi connectivity index (χ0v) is 13.5. The fourth-order valence-electron chi connectivity index (χ4n) is 6.15. The molecule has 3 fully saturated rings. The fourth-order valence-corrected chi connectivity index (χ4v) is 6.15. The first-order valence-corrected chi connectivity index (χ1v) is 8.77. The van der Waals surface area contributed by atoms with Crippen molar-refractivity contribution in [3.63, 3.8) is 0 Å². The number of aliphatic hydroxyl groups excluding tert-OH is 1. The molecule has 1 unspecified atom stereocenters. The Kier molecular flexibility index (Phi) is 4.16. The lowest BCUT2D eigenvalue weighted by Gasteiger charge is -2.53. The van der Waals surface area contributed by atoms with Crippen molar-refractivity contribution in [2.45, 2.75) is 64.4 Å². The molecule has 0 radical (unpaired) electrons. The molecule has 3 heteroatoms. The van der Waals surface area contributed by atoms with E-state index in [1.807, 2.05) is 6.08 Å². The van der Waals surface area contributed by atoms with Gasteiger partial charge in [0.25, 0.3) is 0 Å². The Labute approximate surface area is 133 Å². The molecule has 3 nitrogen and oxygen atoms in total. The van der Waals surface area contributed by atoms with Crippen LogP contribution in [-0.2, 0) is 4.79 Å². The summed E-state index contributed by atoms with van der Waals surface area (Å²) in [5, 5.41) is 16.9. The van der Waals surface area contributed by atoms with E-state index in [9.17, 15) is 9.90 Å². The van der Waals surface area contributed by atoms with Gasteiger partial charge in [-0.1, -0.05) is 12.5 Å². The van der Waals surface area contributed by atoms with Crippen LogP contribution in [0.4, 0.5) is 0 Å². The largest absolute Gasteiger partial charge is 0.393 e. The highest BCUT2D eigenvalue weighted by Crippen LogP contribution is 2.61. The zero-order chi connectivity index (χ0) is 15.9. The minimum absolute atomic E-state index is 0.0710. The van der Waals surface area contributed by atoms with Crippen molar-refractivity contribution < 1.29 is 9.90 Å². The number of aliphatic hydroxyl groups is 1. The van der Waals surface area contributed by atoms with Gasteiger partial charge in [-0.05, 0) is 80.1 Å². The van der Waals surface area contributed by atoms with Gasteiger partial charge in [-0.2, -0.15) is 0 Å². The van der Waals surface area contributed by atoms with E-state index < -0.39 is 0 Å². The molecule has 3 saturated carbocycles. The molecule has 0 spiro atoms. The van der Waals surface area contributed by atoms with Gasteiger partial charge in [0.15, 0.2) is 5.78 Å². The highest BCUT2D eigenvalue weighted by atomic mass is 16.3. The second-order valence-corrected chi connectivity index (χ2v) is 7.94. The Balaban J connectivity index is 0.000000693. The van der Waals surface area contributed by atoms with Crippen molar-refractivity contribution in [1.29, 1.82) is 5.26 Å². The summed E-state index contributed by atoms with van der Waals surface area (Å²) in [4.78, 5) is 11.6. The molecule has 0 aromatic heterocycles. The molecule has 0 saturated heterocycles. The number of carbonyl (C=O) groups is 1. The van der Waals surface area contributed by atoms with Gasteiger partial charge in [-0.15, -0.1) is 0 Å². The molecule has 4 aliphatic rings. The minimum Gasteiger partial charge on any atom is -0.393 e. The van der Waals surface area contributed by atoms with Gasteiger partial charge >= 0.3 is 0 Å². The van der Waals surface area contributed by atoms with Gasteiger partial charge in [0, 0.05) is 13.0 Å². The second kappa shape index (κ2) is 5.81. The number of ketones is 1. The number of fused-ring (bicyclic) bond motifs is 5. The van der Waals surface area contributed by atoms with E-state index in [2.05, 4.69) is 13.5 Å². The highest BCUT2D eigenvalue weighted by Gasteiger charge is 2.55. The van der Waals surface area contributed by atoms with Crippen molar-refractivity contribution in [3.8, 4) is 6.57 Å². The van der Waals surface area contributed by atoms with Crippen LogP contribution < -0.4 is 0 Å². The fraction of sp³-hybridized carbons (Fsp3) is 0.789. The summed E-state index contributed by atoms with van der Waals surface area (Å²) < 4.78 is 0. The Morgan fingerprint density at radius 3 is 2.68 bits per heavy atom. The van der Waals surface area contributed by atoms with E-state index in [-0.39, 0.29) is 11.5 Å². The van der Waals surface area contributed by atoms with E-state index in [1.165, 1.54) is 31.3 Å². The van der Waals surface area contributed by atoms with E-state index in [1.54, 1.807) is 0 Å². The standard InChI is InChI=1S/C18H26O2.CHN/c1-18-9-8-14-13-5-3-12(19)10-11(13)2-4-15(14)16(18)6-7-17(18)20;1-2/h10,13-17,20H,2-9H2,1H3;1H/t13-,14+,15+,16-,17?,18-;/m0./s1. The van der Waals surface area contributed by atoms with Gasteiger partial charge in [-0.3, -0.25) is 4.79 Å². The van der Waals surface area contributed by atoms with Crippen LogP contribution in [0, 0.1) is 40.9 Å². The minimum atomic E-state index is -0.0710. The number of hydrogen-bond donors (Lipinski definition) is 1. The maximum atomic E-state index is 11.6. The Hall–Kier alpha value is -1.14. The number of nitrogens with zero attached hydrogens (tertiary/aromatic N) is 1. The van der Waals surface area contributed by atoms with Crippen LogP contribution >= 0.6 is 0 Å². The molecule has 1 N–H and O–H groups in total. The van der Waals surface area contributed by atoms with Crippen LogP contribution in [0.15, 0.2) is 11.6 Å². The maximum Gasteiger partial charge on any atom is 0.155 e. The van der Waals surface area contributed by atoms with Crippen LogP contribution in [0.3, 0.4) is 0 Å². The van der Waals surface area contributed by atoms with Crippen molar-refractivity contribution >= 4 is 5.78 Å². The monoisotopic (exact) mass is 301 g/mol. The molecular formula is C19H27NO2. The molecule has 4 aliphatic carbocycles. The van der Waals surface area contributed by atoms with E-state index in [0.717, 1.165) is 43.4 Å². The van der Waals surface area contributed by atoms with Gasteiger partial charge < -0.3 is 5.11 Å². The summed E-state index contributed by atoms with van der Waals surface area (Å²) in [6.07, 6.45) is 10.9. The Bertz CT molecular complexity index is 509. The van der Waals surface area contributed by atoms with E-state index >= 15 is 0 Å². The van der Waals surface area contributed by atoms with Gasteiger partial charge in [0.1, 0.15) is 0 Å². The molecule has 0 heterocycles. The smallest absolute Gasteiger partial charge is 0.155 e. The Morgan fingerprint density at radius 1 is 1.14 bits per heavy atom. The average molecular weight is 301 g/mol. The first-order valence-electron chi connectivity index (χ1n) is 8.77. The zero-order valence-electron chi connectivity index (χ0n) is 13.5. The number of nitriles is 1. The van der Waals surface area contributed by atoms with Gasteiger partial charge in [-0.25, -0.2) is 5.26 Å². The van der Waals surface area contributed by atoms with Crippen LogP contribution in [0.25, 0.3) is 0 Å². The van der Waals surface area contributed by atoms with Crippen LogP contribution in [0.1, 0.15) is 58.3 Å². The first-order chi connectivity index (χ1) is 10.6. The first kappa shape index (κ1) is 15.7. The summed E-state index contributed by atoms with van der Waals surface area (Å²) >= 11 is 0. The molecule has 4 rings (SSSR count). The molecule has 0 aliphatic heterocycles. The lowest BCUT2D eigenvalue weighted by atomic mass is 9.52. The molecule has 120 valence electrons. The van der Waals surface area contributed by atoms with Crippen LogP contribution in [0.2, 0.25) is 0 Å². The SMILES string of the molecule is C#N.C[C@]12CC[C@H]3[C@@H](CCC4=CC(=O)CC[C@@H]43)[C@@H]1CCC2O. The molecule has 0 amide bonds. The molecule has 6 atom stereocenters. The number of hydrogen-bond acceptors (Lipinski definition) is 3. The lowest BCUT2D eigenvalue weighted by molar-refractivity contribution is -0.116. The third kappa shape index (κ3) is 2.24. The predicted octanol–water partition coefficient (Wildman–Crippen LogP) is 3.63. The van der Waals surface area contributed by atoms with E-state index in [4.69, 9.17) is 5.26 Å². The maximum absolute atomic E-state index is 11.6. The van der Waals surface area contributed by atoms with Crippen molar-refractivity contribution in [2.75, 3.05) is 0 Å². The molecule has 0 aromatic rings. The van der Waals surface area contributed by atoms with Crippen LogP contribution in [0.5, 0.6) is 0 Å². The molecule has 0 aromatic carbocycles. The third-order valence-electron chi connectivity index (χ3n) is 7.25. The van der Waals surface area contributed by atoms with E-state index in [0.29, 0.717) is 11.7 Å². The number of allylic oxidation sites excluding steroid dienone is 1. The summed E-state index contributed by atoms with van der Waals surface area (Å²) in [7, 11) is 0. The summed E-state index contributed by atoms with van der Waals surface area (Å²) in [6.45, 7) is 5.83.